The minimum absolute atomic E-state index is 0.516. The molecule has 0 atom stereocenters. The molecular formula is C32H47N3O2. The van der Waals surface area contributed by atoms with Gasteiger partial charge in [0.25, 0.3) is 0 Å². The van der Waals surface area contributed by atoms with Crippen molar-refractivity contribution in [1.82, 2.24) is 15.4 Å². The average Bonchev–Trinajstić information content (AvgIpc) is 2.94. The number of hydrogen-bond acceptors (Lipinski definition) is 5. The largest absolute Gasteiger partial charge is 0.508 e. The summed E-state index contributed by atoms with van der Waals surface area (Å²) in [6.07, 6.45) is 19.7. The molecule has 3 aromatic rings. The molecule has 0 amide bonds. The van der Waals surface area contributed by atoms with Crippen molar-refractivity contribution in [3.63, 3.8) is 0 Å². The topological polar surface area (TPSA) is 68.1 Å². The van der Waals surface area contributed by atoms with Crippen LogP contribution in [-0.4, -0.2) is 27.6 Å². The van der Waals surface area contributed by atoms with Crippen LogP contribution >= 0.6 is 0 Å². The highest BCUT2D eigenvalue weighted by atomic mass is 16.5. The fourth-order valence-electron chi connectivity index (χ4n) is 4.56. The van der Waals surface area contributed by atoms with Gasteiger partial charge in [-0.3, -0.25) is 0 Å². The van der Waals surface area contributed by atoms with Gasteiger partial charge < -0.3 is 9.84 Å². The normalized spacial score (nSPS) is 10.6. The first-order valence-electron chi connectivity index (χ1n) is 14.3. The Morgan fingerprint density at radius 3 is 2.00 bits per heavy atom. The predicted molar refractivity (Wildman–Crippen MR) is 154 cm³/mol. The number of phenols is 1. The highest BCUT2D eigenvalue weighted by Crippen LogP contribution is 2.27. The number of aryl methyl sites for hydroxylation is 1. The molecule has 1 N–H and O–H groups in total. The lowest BCUT2D eigenvalue weighted by Gasteiger charge is -2.12. The molecule has 0 saturated heterocycles. The zero-order valence-electron chi connectivity index (χ0n) is 23.3. The number of rotatable bonds is 16. The third-order valence-electron chi connectivity index (χ3n) is 6.71. The number of aromatic hydroxyl groups is 1. The first-order valence-corrected chi connectivity index (χ1v) is 14.3. The van der Waals surface area contributed by atoms with Crippen LogP contribution in [0.25, 0.3) is 11.3 Å². The molecule has 0 spiro atoms. The molecule has 0 aliphatic carbocycles. The summed E-state index contributed by atoms with van der Waals surface area (Å²) in [6.45, 7) is 4.53. The average molecular weight is 506 g/mol. The fraction of sp³-hybridized carbons (Fsp3) is 0.531. The monoisotopic (exact) mass is 505 g/mol. The first kappa shape index (κ1) is 30.3. The van der Waals surface area contributed by atoms with Gasteiger partial charge in [-0.25, -0.2) is 0 Å². The molecule has 0 aliphatic heterocycles. The molecule has 5 nitrogen and oxygen atoms in total. The minimum Gasteiger partial charge on any atom is -0.508 e. The number of aromatic nitrogens is 3. The van der Waals surface area contributed by atoms with E-state index in [1.807, 2.05) is 36.4 Å². The van der Waals surface area contributed by atoms with Gasteiger partial charge in [0.2, 0.25) is 0 Å². The minimum atomic E-state index is 0.516. The highest BCUT2D eigenvalue weighted by Gasteiger charge is 2.08. The maximum atomic E-state index is 10.2. The van der Waals surface area contributed by atoms with Crippen LogP contribution < -0.4 is 4.74 Å². The van der Waals surface area contributed by atoms with E-state index in [2.05, 4.69) is 35.3 Å². The molecule has 0 saturated carbocycles. The summed E-state index contributed by atoms with van der Waals surface area (Å²) >= 11 is 0. The number of unbranched alkanes of at least 4 members (excludes halogenated alkanes) is 10. The van der Waals surface area contributed by atoms with Crippen molar-refractivity contribution < 1.29 is 9.84 Å². The molecule has 0 unspecified atom stereocenters. The Morgan fingerprint density at radius 2 is 1.35 bits per heavy atom. The van der Waals surface area contributed by atoms with E-state index in [1.54, 1.807) is 19.4 Å². The Labute approximate surface area is 224 Å². The molecule has 202 valence electrons. The number of methoxy groups -OCH3 is 1. The Hall–Kier alpha value is -2.95. The van der Waals surface area contributed by atoms with Crippen molar-refractivity contribution in [2.45, 2.75) is 104 Å². The van der Waals surface area contributed by atoms with Crippen LogP contribution in [-0.2, 0) is 12.8 Å². The smallest absolute Gasteiger partial charge is 0.128 e. The van der Waals surface area contributed by atoms with Crippen LogP contribution in [0.5, 0.6) is 11.5 Å². The summed E-state index contributed by atoms with van der Waals surface area (Å²) in [5, 5.41) is 21.3. The van der Waals surface area contributed by atoms with Crippen molar-refractivity contribution in [1.29, 1.82) is 0 Å². The Morgan fingerprint density at radius 1 is 0.703 bits per heavy atom. The molecule has 1 heterocycles. The van der Waals surface area contributed by atoms with Crippen molar-refractivity contribution in [2.24, 2.45) is 0 Å². The summed E-state index contributed by atoms with van der Waals surface area (Å²) in [5.74, 6) is 1.30. The molecule has 5 heteroatoms. The second kappa shape index (κ2) is 19.2. The van der Waals surface area contributed by atoms with E-state index >= 15 is 0 Å². The molecule has 0 radical (unpaired) electrons. The van der Waals surface area contributed by atoms with Gasteiger partial charge in [0.15, 0.2) is 0 Å². The molecule has 0 bridgehead atoms. The number of para-hydroxylation sites is 1. The summed E-state index contributed by atoms with van der Waals surface area (Å²) in [4.78, 5) is 0. The zero-order valence-corrected chi connectivity index (χ0v) is 23.3. The van der Waals surface area contributed by atoms with Crippen molar-refractivity contribution in [3.8, 4) is 22.8 Å². The van der Waals surface area contributed by atoms with Crippen LogP contribution in [0.3, 0.4) is 0 Å². The lowest BCUT2D eigenvalue weighted by atomic mass is 9.95. The molecular weight excluding hydrogens is 458 g/mol. The maximum Gasteiger partial charge on any atom is 0.128 e. The molecule has 37 heavy (non-hydrogen) atoms. The van der Waals surface area contributed by atoms with E-state index in [1.165, 1.54) is 88.2 Å². The van der Waals surface area contributed by atoms with Gasteiger partial charge in [-0.1, -0.05) is 102 Å². The molecule has 1 aromatic heterocycles. The van der Waals surface area contributed by atoms with Gasteiger partial charge in [0.1, 0.15) is 17.2 Å². The van der Waals surface area contributed by atoms with Crippen LogP contribution in [0.2, 0.25) is 0 Å². The van der Waals surface area contributed by atoms with Gasteiger partial charge >= 0.3 is 0 Å². The van der Waals surface area contributed by atoms with E-state index < -0.39 is 0 Å². The summed E-state index contributed by atoms with van der Waals surface area (Å²) in [6, 6.07) is 15.5. The lowest BCUT2D eigenvalue weighted by Crippen LogP contribution is -1.96. The Balaban J connectivity index is 0.000000291. The number of phenolic OH excluding ortho intramolecular Hbond substituents is 1. The number of nitrogens with zero attached hydrogens (tertiary/aromatic N) is 3. The van der Waals surface area contributed by atoms with Crippen LogP contribution in [0.15, 0.2) is 54.7 Å². The van der Waals surface area contributed by atoms with Gasteiger partial charge in [-0.2, -0.15) is 0 Å². The quantitative estimate of drug-likeness (QED) is 0.197. The predicted octanol–water partition coefficient (Wildman–Crippen LogP) is 8.75. The zero-order chi connectivity index (χ0) is 26.6. The molecule has 2 aromatic carbocycles. The third-order valence-corrected chi connectivity index (χ3v) is 6.71. The number of ether oxygens (including phenoxy) is 1. The number of hydrogen-bond donors (Lipinski definition) is 1. The fourth-order valence-corrected chi connectivity index (χ4v) is 4.56. The first-order chi connectivity index (χ1) is 18.2. The van der Waals surface area contributed by atoms with Crippen LogP contribution in [0.1, 0.15) is 102 Å². The molecule has 3 rings (SSSR count). The third kappa shape index (κ3) is 11.8. The SMILES string of the molecule is CCCCCCCCc1cccc(O)c1CCCCCCCC.COc1ccccc1-c1ccnnn1. The van der Waals surface area contributed by atoms with E-state index in [4.69, 9.17) is 4.74 Å². The van der Waals surface area contributed by atoms with Crippen LogP contribution in [0.4, 0.5) is 0 Å². The Kier molecular flexibility index (Phi) is 15.7. The number of benzene rings is 2. The van der Waals surface area contributed by atoms with Gasteiger partial charge in [-0.05, 0) is 66.3 Å². The standard InChI is InChI=1S/C22H38O.C10H9N3O/c1-3-5-7-9-11-13-16-20-17-15-19-22(23)21(20)18-14-12-10-8-6-4-2;1-14-10-5-3-2-4-8(10)9-6-7-11-13-12-9/h15,17,19,23H,3-14,16,18H2,1-2H3;2-7H,1H3. The van der Waals surface area contributed by atoms with E-state index in [9.17, 15) is 5.11 Å². The molecule has 0 fully saturated rings. The van der Waals surface area contributed by atoms with Crippen molar-refractivity contribution in [3.05, 3.63) is 65.9 Å². The summed E-state index contributed by atoms with van der Waals surface area (Å²) in [5.41, 5.74) is 4.29. The van der Waals surface area contributed by atoms with Crippen molar-refractivity contribution >= 4 is 0 Å². The summed E-state index contributed by atoms with van der Waals surface area (Å²) < 4.78 is 5.21. The van der Waals surface area contributed by atoms with Crippen LogP contribution in [0, 0.1) is 0 Å². The van der Waals surface area contributed by atoms with Gasteiger partial charge in [0.05, 0.1) is 13.3 Å². The van der Waals surface area contributed by atoms with Gasteiger partial charge in [-0.15, -0.1) is 10.2 Å². The second-order valence-electron chi connectivity index (χ2n) is 9.66. The molecule has 0 aliphatic rings. The Bertz CT molecular complexity index is 979. The highest BCUT2D eigenvalue weighted by molar-refractivity contribution is 5.66. The van der Waals surface area contributed by atoms with E-state index in [0.29, 0.717) is 5.75 Å². The second-order valence-corrected chi connectivity index (χ2v) is 9.66. The van der Waals surface area contributed by atoms with E-state index in [0.717, 1.165) is 29.8 Å². The van der Waals surface area contributed by atoms with Crippen molar-refractivity contribution in [2.75, 3.05) is 7.11 Å². The maximum absolute atomic E-state index is 10.2. The van der Waals surface area contributed by atoms with Gasteiger partial charge in [0, 0.05) is 5.56 Å². The van der Waals surface area contributed by atoms with E-state index in [-0.39, 0.29) is 0 Å². The lowest BCUT2D eigenvalue weighted by molar-refractivity contribution is 0.416. The summed E-state index contributed by atoms with van der Waals surface area (Å²) in [7, 11) is 1.63.